The van der Waals surface area contributed by atoms with E-state index in [-0.39, 0.29) is 23.7 Å². The van der Waals surface area contributed by atoms with Crippen LogP contribution in [0.15, 0.2) is 70.5 Å². The molecule has 0 fully saturated rings. The Morgan fingerprint density at radius 1 is 1.11 bits per heavy atom. The smallest absolute Gasteiger partial charge is 0.278 e. The van der Waals surface area contributed by atoms with E-state index in [1.54, 1.807) is 34.6 Å². The van der Waals surface area contributed by atoms with Crippen molar-refractivity contribution < 1.29 is 14.6 Å². The fraction of sp³-hybridized carbons (Fsp3) is 0.379. The number of nitrogens with zero attached hydrogens (tertiary/aromatic N) is 4. The maximum absolute atomic E-state index is 13.8. The number of rotatable bonds is 8. The fourth-order valence-electron chi connectivity index (χ4n) is 5.39. The van der Waals surface area contributed by atoms with Crippen molar-refractivity contribution in [3.8, 4) is 5.75 Å². The number of thioether (sulfide) groups is 1. The molecule has 1 amide bonds. The summed E-state index contributed by atoms with van der Waals surface area (Å²) >= 11 is 1.80. The zero-order valence-corrected chi connectivity index (χ0v) is 22.9. The maximum atomic E-state index is 13.8. The third-order valence-corrected chi connectivity index (χ3v) is 8.59. The van der Waals surface area contributed by atoms with Crippen molar-refractivity contribution in [2.24, 2.45) is 0 Å². The van der Waals surface area contributed by atoms with E-state index >= 15 is 0 Å². The van der Waals surface area contributed by atoms with Gasteiger partial charge in [-0.25, -0.2) is 0 Å². The van der Waals surface area contributed by atoms with Gasteiger partial charge < -0.3 is 14.7 Å². The SMILES string of the molecule is CCN(CCOC)CC(C)N1CN(C2c3ccccc3CSc3ccccc32)n2ccc(=O)c(O)c2C1=O. The summed E-state index contributed by atoms with van der Waals surface area (Å²) in [6.45, 7) is 7.23. The highest BCUT2D eigenvalue weighted by atomic mass is 32.2. The molecule has 2 aromatic carbocycles. The van der Waals surface area contributed by atoms with Crippen LogP contribution in [0.2, 0.25) is 0 Å². The molecule has 3 aromatic rings. The van der Waals surface area contributed by atoms with Crippen LogP contribution in [0, 0.1) is 0 Å². The number of amides is 1. The van der Waals surface area contributed by atoms with Gasteiger partial charge in [-0.1, -0.05) is 49.4 Å². The Hall–Kier alpha value is -3.27. The number of carbonyl (C=O) groups is 1. The second kappa shape index (κ2) is 11.2. The Labute approximate surface area is 227 Å². The highest BCUT2D eigenvalue weighted by Gasteiger charge is 2.40. The van der Waals surface area contributed by atoms with Gasteiger partial charge in [-0.2, -0.15) is 0 Å². The number of methoxy groups -OCH3 is 1. The van der Waals surface area contributed by atoms with Gasteiger partial charge in [0.15, 0.2) is 11.4 Å². The summed E-state index contributed by atoms with van der Waals surface area (Å²) in [5.41, 5.74) is 2.93. The number of fused-ring (bicyclic) bond motifs is 3. The quantitative estimate of drug-likeness (QED) is 0.473. The van der Waals surface area contributed by atoms with E-state index < -0.39 is 11.2 Å². The minimum absolute atomic E-state index is 0.00222. The monoisotopic (exact) mass is 534 g/mol. The lowest BCUT2D eigenvalue weighted by Crippen LogP contribution is -2.59. The molecule has 2 unspecified atom stereocenters. The first kappa shape index (κ1) is 26.3. The molecule has 0 spiro atoms. The van der Waals surface area contributed by atoms with Crippen molar-refractivity contribution in [1.82, 2.24) is 14.5 Å². The zero-order valence-electron chi connectivity index (χ0n) is 22.0. The van der Waals surface area contributed by atoms with Gasteiger partial charge in [0, 0.05) is 49.2 Å². The average Bonchev–Trinajstić information content (AvgIpc) is 3.10. The zero-order chi connectivity index (χ0) is 26.8. The summed E-state index contributed by atoms with van der Waals surface area (Å²) in [5, 5.41) is 13.0. The van der Waals surface area contributed by atoms with Crippen molar-refractivity contribution in [2.75, 3.05) is 45.0 Å². The molecule has 9 heteroatoms. The molecule has 1 N–H and O–H groups in total. The molecule has 38 heavy (non-hydrogen) atoms. The molecule has 0 bridgehead atoms. The van der Waals surface area contributed by atoms with E-state index in [1.165, 1.54) is 16.5 Å². The van der Waals surface area contributed by atoms with Gasteiger partial charge >= 0.3 is 0 Å². The van der Waals surface area contributed by atoms with Gasteiger partial charge in [-0.15, -0.1) is 11.8 Å². The predicted molar refractivity (Wildman–Crippen MR) is 149 cm³/mol. The second-order valence-electron chi connectivity index (χ2n) is 9.74. The molecule has 0 aliphatic carbocycles. The number of hydrogen-bond acceptors (Lipinski definition) is 7. The summed E-state index contributed by atoms with van der Waals surface area (Å²) in [7, 11) is 1.68. The molecule has 3 heterocycles. The number of aromatic nitrogens is 1. The first-order chi connectivity index (χ1) is 18.4. The second-order valence-corrected chi connectivity index (χ2v) is 10.8. The van der Waals surface area contributed by atoms with E-state index in [9.17, 15) is 14.7 Å². The Kier molecular flexibility index (Phi) is 7.78. The van der Waals surface area contributed by atoms with Crippen LogP contribution in [0.5, 0.6) is 5.75 Å². The standard InChI is InChI=1S/C29H34N4O4S/c1-4-30(15-16-37-3)17-20(2)31-19-33(32-14-13-24(34)28(35)27(32)29(31)36)26-22-10-6-5-9-21(22)18-38-25-12-8-7-11-23(25)26/h5-14,20,26,35H,4,15-19H2,1-3H3. The van der Waals surface area contributed by atoms with Crippen molar-refractivity contribution >= 4 is 17.7 Å². The molecular weight excluding hydrogens is 500 g/mol. The summed E-state index contributed by atoms with van der Waals surface area (Å²) in [5.74, 6) is -0.0314. The number of hydrogen-bond donors (Lipinski definition) is 1. The van der Waals surface area contributed by atoms with Crippen molar-refractivity contribution in [2.45, 2.75) is 36.6 Å². The molecule has 0 radical (unpaired) electrons. The lowest BCUT2D eigenvalue weighted by Gasteiger charge is -2.46. The van der Waals surface area contributed by atoms with E-state index in [4.69, 9.17) is 4.74 Å². The van der Waals surface area contributed by atoms with Gasteiger partial charge in [0.05, 0.1) is 12.6 Å². The van der Waals surface area contributed by atoms with E-state index in [0.29, 0.717) is 19.8 Å². The van der Waals surface area contributed by atoms with Crippen LogP contribution in [-0.4, -0.2) is 71.6 Å². The molecule has 200 valence electrons. The van der Waals surface area contributed by atoms with Crippen molar-refractivity contribution in [3.05, 3.63) is 93.4 Å². The lowest BCUT2D eigenvalue weighted by molar-refractivity contribution is 0.0540. The summed E-state index contributed by atoms with van der Waals surface area (Å²) in [6, 6.07) is 17.6. The van der Waals surface area contributed by atoms with Crippen LogP contribution < -0.4 is 10.4 Å². The molecule has 1 aromatic heterocycles. The van der Waals surface area contributed by atoms with E-state index in [2.05, 4.69) is 47.2 Å². The molecule has 2 aliphatic heterocycles. The molecular formula is C29H34N4O4S. The largest absolute Gasteiger partial charge is 0.502 e. The Balaban J connectivity index is 1.63. The number of aromatic hydroxyl groups is 1. The molecule has 5 rings (SSSR count). The van der Waals surface area contributed by atoms with Gasteiger partial charge in [-0.05, 0) is 36.2 Å². The predicted octanol–water partition coefficient (Wildman–Crippen LogP) is 3.66. The Morgan fingerprint density at radius 2 is 1.84 bits per heavy atom. The van der Waals surface area contributed by atoms with Crippen LogP contribution >= 0.6 is 11.8 Å². The van der Waals surface area contributed by atoms with Crippen LogP contribution in [0.1, 0.15) is 47.1 Å². The third-order valence-electron chi connectivity index (χ3n) is 7.45. The minimum atomic E-state index is -0.563. The molecule has 8 nitrogen and oxygen atoms in total. The van der Waals surface area contributed by atoms with Gasteiger partial charge in [-0.3, -0.25) is 24.2 Å². The van der Waals surface area contributed by atoms with E-state index in [1.807, 2.05) is 25.1 Å². The Bertz CT molecular complexity index is 1330. The lowest BCUT2D eigenvalue weighted by atomic mass is 9.94. The van der Waals surface area contributed by atoms with Gasteiger partial charge in [0.1, 0.15) is 6.67 Å². The highest BCUT2D eigenvalue weighted by molar-refractivity contribution is 7.98. The average molecular weight is 535 g/mol. The molecule has 0 saturated heterocycles. The maximum Gasteiger partial charge on any atom is 0.278 e. The fourth-order valence-corrected chi connectivity index (χ4v) is 6.48. The summed E-state index contributed by atoms with van der Waals surface area (Å²) in [4.78, 5) is 31.5. The Morgan fingerprint density at radius 3 is 2.61 bits per heavy atom. The first-order valence-electron chi connectivity index (χ1n) is 13.0. The van der Waals surface area contributed by atoms with Gasteiger partial charge in [0.25, 0.3) is 5.91 Å². The topological polar surface area (TPSA) is 78.2 Å². The van der Waals surface area contributed by atoms with Crippen LogP contribution in [0.25, 0.3) is 0 Å². The minimum Gasteiger partial charge on any atom is -0.502 e. The number of pyridine rings is 1. The van der Waals surface area contributed by atoms with Crippen molar-refractivity contribution in [1.29, 1.82) is 0 Å². The first-order valence-corrected chi connectivity index (χ1v) is 14.0. The van der Waals surface area contributed by atoms with Gasteiger partial charge in [0.2, 0.25) is 5.43 Å². The third kappa shape index (κ3) is 4.81. The van der Waals surface area contributed by atoms with E-state index in [0.717, 1.165) is 30.0 Å². The number of benzene rings is 2. The molecule has 2 aliphatic rings. The summed E-state index contributed by atoms with van der Waals surface area (Å²) < 4.78 is 6.95. The van der Waals surface area contributed by atoms with Crippen LogP contribution in [0.4, 0.5) is 0 Å². The molecule has 0 saturated carbocycles. The highest BCUT2D eigenvalue weighted by Crippen LogP contribution is 2.42. The van der Waals surface area contributed by atoms with Crippen molar-refractivity contribution in [3.63, 3.8) is 0 Å². The van der Waals surface area contributed by atoms with Crippen LogP contribution in [0.3, 0.4) is 0 Å². The molecule has 2 atom stereocenters. The number of ether oxygens (including phenoxy) is 1. The summed E-state index contributed by atoms with van der Waals surface area (Å²) in [6.07, 6.45) is 1.61. The number of carbonyl (C=O) groups excluding carboxylic acids is 1. The van der Waals surface area contributed by atoms with Crippen LogP contribution in [-0.2, 0) is 10.5 Å². The number of likely N-dealkylation sites (N-methyl/N-ethyl adjacent to an activating group) is 1. The normalized spacial score (nSPS) is 17.6.